The van der Waals surface area contributed by atoms with E-state index in [-0.39, 0.29) is 25.6 Å². The van der Waals surface area contributed by atoms with Crippen LogP contribution in [0, 0.1) is 0 Å². The third kappa shape index (κ3) is 35.9. The summed E-state index contributed by atoms with van der Waals surface area (Å²) in [5.74, 6) is -0.380. The minimum Gasteiger partial charge on any atom is -0.457 e. The fraction of sp³-hybridized carbons (Fsp3) is 0.825. The second kappa shape index (κ2) is 49.5. The molecule has 0 aromatic rings. The van der Waals surface area contributed by atoms with Gasteiger partial charge in [-0.05, 0) is 57.8 Å². The van der Waals surface area contributed by atoms with Crippen LogP contribution >= 0.6 is 0 Å². The topological polar surface area (TPSA) is 214 Å². The summed E-state index contributed by atoms with van der Waals surface area (Å²) in [5.41, 5.74) is 0. The van der Waals surface area contributed by atoms with Crippen molar-refractivity contribution in [3.8, 4) is 0 Å². The second-order valence-corrected chi connectivity index (χ2v) is 21.5. The van der Waals surface area contributed by atoms with Crippen molar-refractivity contribution in [2.75, 3.05) is 33.0 Å². The maximum Gasteiger partial charge on any atom is 0.306 e. The molecule has 2 saturated heterocycles. The fourth-order valence-corrected chi connectivity index (χ4v) is 9.61. The molecule has 2 rings (SSSR count). The van der Waals surface area contributed by atoms with Gasteiger partial charge in [-0.2, -0.15) is 0 Å². The van der Waals surface area contributed by atoms with E-state index in [1.165, 1.54) is 128 Å². The number of hydrogen-bond donors (Lipinski definition) is 7. The van der Waals surface area contributed by atoms with Gasteiger partial charge in [0, 0.05) is 13.0 Å². The van der Waals surface area contributed by atoms with E-state index in [9.17, 15) is 40.5 Å². The number of rotatable bonds is 50. The summed E-state index contributed by atoms with van der Waals surface area (Å²) >= 11 is 0. The SMILES string of the molecule is CC/C=C\C/C=C\C/C=C\C/C=C\C/C=C\CCCCCCCCCCCC(=O)OC(COCCCCCCCCCCCCCCCCCCCC)COC1OC(COC2OC(CO)C(O)C(O)C2O)C(O)C(O)C1O. The van der Waals surface area contributed by atoms with E-state index in [1.807, 2.05) is 0 Å². The van der Waals surface area contributed by atoms with Crippen LogP contribution in [0.4, 0.5) is 0 Å². The molecule has 0 aromatic carbocycles. The first-order valence-corrected chi connectivity index (χ1v) is 30.9. The van der Waals surface area contributed by atoms with E-state index in [4.69, 9.17) is 28.4 Å². The summed E-state index contributed by atoms with van der Waals surface area (Å²) in [7, 11) is 0. The lowest BCUT2D eigenvalue weighted by atomic mass is 9.98. The molecule has 2 heterocycles. The number of aliphatic hydroxyl groups is 7. The second-order valence-electron chi connectivity index (χ2n) is 21.5. The molecule has 14 nitrogen and oxygen atoms in total. The Kier molecular flexibility index (Phi) is 45.5. The summed E-state index contributed by atoms with van der Waals surface area (Å²) in [4.78, 5) is 13.1. The van der Waals surface area contributed by atoms with Crippen LogP contribution in [0.1, 0.15) is 232 Å². The highest BCUT2D eigenvalue weighted by molar-refractivity contribution is 5.69. The molecule has 0 saturated carbocycles. The maximum atomic E-state index is 13.1. The lowest BCUT2D eigenvalue weighted by molar-refractivity contribution is -0.332. The summed E-state index contributed by atoms with van der Waals surface area (Å²) in [5, 5.41) is 72.4. The van der Waals surface area contributed by atoms with Crippen LogP contribution in [0.25, 0.3) is 0 Å². The molecule has 0 amide bonds. The van der Waals surface area contributed by atoms with Crippen molar-refractivity contribution in [2.24, 2.45) is 0 Å². The molecule has 2 fully saturated rings. The highest BCUT2D eigenvalue weighted by atomic mass is 16.7. The summed E-state index contributed by atoms with van der Waals surface area (Å²) in [6.07, 6.45) is 45.6. The van der Waals surface area contributed by atoms with Crippen molar-refractivity contribution in [3.05, 3.63) is 60.8 Å². The van der Waals surface area contributed by atoms with Crippen LogP contribution in [0.15, 0.2) is 60.8 Å². The molecule has 11 atom stereocenters. The van der Waals surface area contributed by atoms with Crippen molar-refractivity contribution in [1.82, 2.24) is 0 Å². The molecule has 2 aliphatic rings. The van der Waals surface area contributed by atoms with E-state index >= 15 is 0 Å². The third-order valence-electron chi connectivity index (χ3n) is 14.5. The molecular formula is C63H112O14. The predicted octanol–water partition coefficient (Wildman–Crippen LogP) is 11.6. The monoisotopic (exact) mass is 1090 g/mol. The minimum absolute atomic E-state index is 0.0602. The zero-order valence-corrected chi connectivity index (χ0v) is 48.2. The van der Waals surface area contributed by atoms with E-state index in [2.05, 4.69) is 74.6 Å². The Bertz CT molecular complexity index is 1500. The number of allylic oxidation sites excluding steroid dienone is 10. The fourth-order valence-electron chi connectivity index (χ4n) is 9.61. The van der Waals surface area contributed by atoms with Gasteiger partial charge in [-0.1, -0.05) is 229 Å². The molecule has 0 bridgehead atoms. The number of carbonyl (C=O) groups is 1. The average Bonchev–Trinajstić information content (AvgIpc) is 3.43. The highest BCUT2D eigenvalue weighted by Crippen LogP contribution is 2.27. The molecule has 0 radical (unpaired) electrons. The first-order valence-electron chi connectivity index (χ1n) is 30.9. The van der Waals surface area contributed by atoms with Crippen molar-refractivity contribution in [3.63, 3.8) is 0 Å². The number of ether oxygens (including phenoxy) is 6. The number of unbranched alkanes of at least 4 members (excludes halogenated alkanes) is 26. The van der Waals surface area contributed by atoms with Gasteiger partial charge in [0.15, 0.2) is 12.6 Å². The first-order chi connectivity index (χ1) is 37.6. The highest BCUT2D eigenvalue weighted by Gasteiger charge is 2.47. The summed E-state index contributed by atoms with van der Waals surface area (Å²) in [6, 6.07) is 0. The van der Waals surface area contributed by atoms with Gasteiger partial charge >= 0.3 is 5.97 Å². The van der Waals surface area contributed by atoms with Gasteiger partial charge in [-0.3, -0.25) is 4.79 Å². The maximum absolute atomic E-state index is 13.1. The van der Waals surface area contributed by atoms with Gasteiger partial charge in [-0.25, -0.2) is 0 Å². The van der Waals surface area contributed by atoms with Gasteiger partial charge in [0.1, 0.15) is 54.9 Å². The quantitative estimate of drug-likeness (QED) is 0.0172. The Morgan fingerprint density at radius 2 is 0.844 bits per heavy atom. The molecule has 448 valence electrons. The van der Waals surface area contributed by atoms with Crippen LogP contribution in [0.5, 0.6) is 0 Å². The van der Waals surface area contributed by atoms with Crippen LogP contribution < -0.4 is 0 Å². The zero-order chi connectivity index (χ0) is 55.8. The molecule has 2 aliphatic heterocycles. The van der Waals surface area contributed by atoms with E-state index in [0.717, 1.165) is 77.0 Å². The number of esters is 1. The van der Waals surface area contributed by atoms with Crippen LogP contribution in [0.2, 0.25) is 0 Å². The van der Waals surface area contributed by atoms with Crippen LogP contribution in [-0.2, 0) is 33.2 Å². The van der Waals surface area contributed by atoms with Crippen molar-refractivity contribution < 1.29 is 69.0 Å². The lowest BCUT2D eigenvalue weighted by Gasteiger charge is -2.42. The zero-order valence-electron chi connectivity index (χ0n) is 48.2. The molecular weight excluding hydrogens is 981 g/mol. The molecule has 0 aliphatic carbocycles. The standard InChI is InChI=1S/C63H112O14/c1-3-5-7-9-11-13-15-17-19-21-23-24-25-26-27-28-29-30-32-34-36-38-40-42-44-46-55(65)75-52(49-72-47-45-43-41-39-37-35-33-31-22-20-18-16-14-12-10-8-6-4-2)50-73-62-61(71)59(69)57(67)54(77-62)51-74-63-60(70)58(68)56(66)53(48-64)76-63/h5,7,11,13,17,19,23-24,26-27,52-54,56-64,66-71H,3-4,6,8-10,12,14-16,18,20-22,25,28-51H2,1-2H3/b7-5-,13-11-,19-17-,24-23-,27-26-. The molecule has 11 unspecified atom stereocenters. The predicted molar refractivity (Wildman–Crippen MR) is 307 cm³/mol. The smallest absolute Gasteiger partial charge is 0.306 e. The Labute approximate surface area is 466 Å². The number of carbonyl (C=O) groups excluding carboxylic acids is 1. The first kappa shape index (κ1) is 70.8. The Balaban J connectivity index is 1.69. The largest absolute Gasteiger partial charge is 0.457 e. The average molecular weight is 1090 g/mol. The van der Waals surface area contributed by atoms with Gasteiger partial charge in [0.25, 0.3) is 0 Å². The lowest BCUT2D eigenvalue weighted by Crippen LogP contribution is -2.61. The Hall–Kier alpha value is -2.31. The number of hydrogen-bond acceptors (Lipinski definition) is 14. The normalized spacial score (nSPS) is 24.7. The van der Waals surface area contributed by atoms with Gasteiger partial charge in [0.05, 0.1) is 26.4 Å². The Morgan fingerprint density at radius 3 is 1.32 bits per heavy atom. The van der Waals surface area contributed by atoms with Crippen LogP contribution in [-0.4, -0.2) is 142 Å². The van der Waals surface area contributed by atoms with Gasteiger partial charge in [0.2, 0.25) is 0 Å². The Morgan fingerprint density at radius 1 is 0.442 bits per heavy atom. The van der Waals surface area contributed by atoms with E-state index in [0.29, 0.717) is 13.0 Å². The minimum atomic E-state index is -1.71. The molecule has 7 N–H and O–H groups in total. The van der Waals surface area contributed by atoms with Crippen molar-refractivity contribution >= 4 is 5.97 Å². The van der Waals surface area contributed by atoms with E-state index < -0.39 is 80.7 Å². The summed E-state index contributed by atoms with van der Waals surface area (Å²) < 4.78 is 34.5. The van der Waals surface area contributed by atoms with Gasteiger partial charge < -0.3 is 64.2 Å². The number of aliphatic hydroxyl groups excluding tert-OH is 7. The van der Waals surface area contributed by atoms with E-state index in [1.54, 1.807) is 0 Å². The molecule has 14 heteroatoms. The van der Waals surface area contributed by atoms with Crippen molar-refractivity contribution in [2.45, 2.75) is 300 Å². The molecule has 0 spiro atoms. The van der Waals surface area contributed by atoms with Gasteiger partial charge in [-0.15, -0.1) is 0 Å². The third-order valence-corrected chi connectivity index (χ3v) is 14.5. The molecule has 77 heavy (non-hydrogen) atoms. The molecule has 0 aromatic heterocycles. The summed E-state index contributed by atoms with van der Waals surface area (Å²) in [6.45, 7) is 3.60. The van der Waals surface area contributed by atoms with Crippen LogP contribution in [0.3, 0.4) is 0 Å². The van der Waals surface area contributed by atoms with Crippen molar-refractivity contribution in [1.29, 1.82) is 0 Å².